The fraction of sp³-hybridized carbons (Fsp3) is 0.0667. The summed E-state index contributed by atoms with van der Waals surface area (Å²) in [5.41, 5.74) is 6.31. The van der Waals surface area contributed by atoms with E-state index in [1.807, 2.05) is 12.1 Å². The molecule has 0 unspecified atom stereocenters. The fourth-order valence-corrected chi connectivity index (χ4v) is 2.85. The van der Waals surface area contributed by atoms with Crippen molar-refractivity contribution in [3.63, 3.8) is 0 Å². The van der Waals surface area contributed by atoms with Gasteiger partial charge in [0, 0.05) is 26.1 Å². The lowest BCUT2D eigenvalue weighted by atomic mass is 10.1. The summed E-state index contributed by atoms with van der Waals surface area (Å²) < 4.78 is 7.20. The van der Waals surface area contributed by atoms with Crippen molar-refractivity contribution in [2.75, 3.05) is 0 Å². The Morgan fingerprint density at radius 2 is 1.83 bits per heavy atom. The number of aromatic amines is 1. The van der Waals surface area contributed by atoms with Crippen molar-refractivity contribution < 1.29 is 14.0 Å². The monoisotopic (exact) mass is 439 g/mol. The highest BCUT2D eigenvalue weighted by atomic mass is 79.9. The first-order chi connectivity index (χ1) is 11.0. The molecule has 1 aromatic carbocycles. The Morgan fingerprint density at radius 1 is 1.09 bits per heavy atom. The smallest absolute Gasteiger partial charge is 0.305 e. The molecule has 3 rings (SSSR count). The Morgan fingerprint density at radius 3 is 2.52 bits per heavy atom. The molecule has 2 heterocycles. The summed E-state index contributed by atoms with van der Waals surface area (Å²) in [6.45, 7) is 1.79. The van der Waals surface area contributed by atoms with Crippen molar-refractivity contribution in [2.45, 2.75) is 6.92 Å². The molecule has 6 nitrogen and oxygen atoms in total. The third kappa shape index (κ3) is 3.18. The van der Waals surface area contributed by atoms with E-state index >= 15 is 0 Å². The molecule has 23 heavy (non-hydrogen) atoms. The number of aromatic nitrogens is 1. The Kier molecular flexibility index (Phi) is 4.27. The van der Waals surface area contributed by atoms with Gasteiger partial charge >= 0.3 is 5.91 Å². The Bertz CT molecular complexity index is 914. The molecule has 2 aromatic heterocycles. The van der Waals surface area contributed by atoms with E-state index in [0.717, 1.165) is 14.3 Å². The molecule has 0 saturated heterocycles. The number of carbonyl (C=O) groups excluding carboxylic acids is 2. The predicted molar refractivity (Wildman–Crippen MR) is 92.1 cm³/mol. The molecular weight excluding hydrogens is 430 g/mol. The second kappa shape index (κ2) is 6.21. The summed E-state index contributed by atoms with van der Waals surface area (Å²) in [4.78, 5) is 26.9. The maximum Gasteiger partial charge on any atom is 0.305 e. The molecule has 2 amide bonds. The molecule has 0 aliphatic rings. The number of carbonyl (C=O) groups is 2. The van der Waals surface area contributed by atoms with Crippen molar-refractivity contribution in [3.8, 4) is 0 Å². The van der Waals surface area contributed by atoms with Crippen LogP contribution in [-0.4, -0.2) is 16.8 Å². The van der Waals surface area contributed by atoms with E-state index in [1.165, 1.54) is 0 Å². The first-order valence-corrected chi connectivity index (χ1v) is 8.17. The maximum absolute atomic E-state index is 12.2. The minimum Gasteiger partial charge on any atom is -0.451 e. The summed E-state index contributed by atoms with van der Waals surface area (Å²) in [6, 6.07) is 7.08. The molecule has 0 radical (unpaired) electrons. The second-order valence-electron chi connectivity index (χ2n) is 4.84. The van der Waals surface area contributed by atoms with Crippen LogP contribution in [-0.2, 0) is 0 Å². The quantitative estimate of drug-likeness (QED) is 0.531. The Balaban J connectivity index is 1.76. The number of fused-ring (bicyclic) bond motifs is 1. The molecule has 8 heteroatoms. The van der Waals surface area contributed by atoms with Crippen LogP contribution < -0.4 is 10.9 Å². The number of rotatable bonds is 2. The van der Waals surface area contributed by atoms with Crippen LogP contribution in [0.4, 0.5) is 0 Å². The van der Waals surface area contributed by atoms with Gasteiger partial charge in [-0.05, 0) is 47.1 Å². The lowest BCUT2D eigenvalue weighted by Gasteiger charge is -2.05. The average molecular weight is 441 g/mol. The summed E-state index contributed by atoms with van der Waals surface area (Å²) in [7, 11) is 0. The van der Waals surface area contributed by atoms with Crippen LogP contribution in [0.2, 0.25) is 0 Å². The van der Waals surface area contributed by atoms with E-state index in [0.29, 0.717) is 16.8 Å². The van der Waals surface area contributed by atoms with Crippen molar-refractivity contribution in [3.05, 3.63) is 56.4 Å². The summed E-state index contributed by atoms with van der Waals surface area (Å²) >= 11 is 6.62. The molecule has 118 valence electrons. The zero-order valence-corrected chi connectivity index (χ0v) is 15.0. The zero-order chi connectivity index (χ0) is 16.6. The molecular formula is C15H11Br2N3O3. The molecule has 0 aliphatic carbocycles. The van der Waals surface area contributed by atoms with Gasteiger partial charge in [0.05, 0.1) is 0 Å². The molecule has 0 saturated carbocycles. The standard InChI is InChI=1S/C15H11Br2N3O3/c1-7-10-4-8(16)2-3-12(10)23-13(7)15(22)20-19-14(21)11-5-9(17)6-18-11/h2-6,18H,1H3,(H,19,21)(H,20,22). The van der Waals surface area contributed by atoms with Gasteiger partial charge < -0.3 is 9.40 Å². The number of aryl methyl sites for hydroxylation is 1. The number of H-pyrrole nitrogens is 1. The van der Waals surface area contributed by atoms with E-state index in [9.17, 15) is 9.59 Å². The third-order valence-electron chi connectivity index (χ3n) is 3.29. The van der Waals surface area contributed by atoms with Gasteiger partial charge in [-0.3, -0.25) is 20.4 Å². The molecule has 0 bridgehead atoms. The van der Waals surface area contributed by atoms with Gasteiger partial charge in [0.1, 0.15) is 11.3 Å². The van der Waals surface area contributed by atoms with Gasteiger partial charge in [-0.15, -0.1) is 0 Å². The minimum atomic E-state index is -0.520. The van der Waals surface area contributed by atoms with Crippen molar-refractivity contribution in [1.29, 1.82) is 0 Å². The molecule has 0 aliphatic heterocycles. The van der Waals surface area contributed by atoms with E-state index < -0.39 is 11.8 Å². The average Bonchev–Trinajstić information content (AvgIpc) is 3.09. The summed E-state index contributed by atoms with van der Waals surface area (Å²) in [5.74, 6) is -0.819. The van der Waals surface area contributed by atoms with Crippen LogP contribution in [0.3, 0.4) is 0 Å². The van der Waals surface area contributed by atoms with E-state index in [1.54, 1.807) is 25.3 Å². The molecule has 0 fully saturated rings. The van der Waals surface area contributed by atoms with Crippen LogP contribution in [0.25, 0.3) is 11.0 Å². The van der Waals surface area contributed by atoms with E-state index in [4.69, 9.17) is 4.42 Å². The molecule has 0 spiro atoms. The van der Waals surface area contributed by atoms with Crippen LogP contribution in [0.1, 0.15) is 26.6 Å². The first-order valence-electron chi connectivity index (χ1n) is 6.59. The van der Waals surface area contributed by atoms with Crippen molar-refractivity contribution in [1.82, 2.24) is 15.8 Å². The van der Waals surface area contributed by atoms with E-state index in [2.05, 4.69) is 47.7 Å². The highest BCUT2D eigenvalue weighted by molar-refractivity contribution is 9.10. The maximum atomic E-state index is 12.2. The van der Waals surface area contributed by atoms with Crippen LogP contribution in [0.15, 0.2) is 43.8 Å². The van der Waals surface area contributed by atoms with Gasteiger partial charge in [-0.2, -0.15) is 0 Å². The predicted octanol–water partition coefficient (Wildman–Crippen LogP) is 3.67. The summed E-state index contributed by atoms with van der Waals surface area (Å²) in [6.07, 6.45) is 1.62. The highest BCUT2D eigenvalue weighted by Gasteiger charge is 2.18. The highest BCUT2D eigenvalue weighted by Crippen LogP contribution is 2.27. The lowest BCUT2D eigenvalue weighted by Crippen LogP contribution is -2.41. The number of furan rings is 1. The Labute approximate surface area is 147 Å². The van der Waals surface area contributed by atoms with Crippen LogP contribution in [0, 0.1) is 6.92 Å². The number of halogens is 2. The van der Waals surface area contributed by atoms with Gasteiger partial charge in [-0.1, -0.05) is 15.9 Å². The van der Waals surface area contributed by atoms with Gasteiger partial charge in [0.2, 0.25) is 0 Å². The number of amides is 2. The van der Waals surface area contributed by atoms with Gasteiger partial charge in [0.25, 0.3) is 5.91 Å². The number of hydrogen-bond donors (Lipinski definition) is 3. The number of hydrazine groups is 1. The number of nitrogens with one attached hydrogen (secondary N) is 3. The lowest BCUT2D eigenvalue weighted by molar-refractivity contribution is 0.0829. The fourth-order valence-electron chi connectivity index (χ4n) is 2.15. The number of hydrogen-bond acceptors (Lipinski definition) is 3. The molecule has 3 aromatic rings. The largest absolute Gasteiger partial charge is 0.451 e. The van der Waals surface area contributed by atoms with Crippen LogP contribution >= 0.6 is 31.9 Å². The minimum absolute atomic E-state index is 0.158. The second-order valence-corrected chi connectivity index (χ2v) is 6.67. The van der Waals surface area contributed by atoms with Crippen molar-refractivity contribution >= 4 is 54.6 Å². The Hall–Kier alpha value is -2.06. The normalized spacial score (nSPS) is 10.7. The topological polar surface area (TPSA) is 87.1 Å². The van der Waals surface area contributed by atoms with Crippen molar-refractivity contribution in [2.24, 2.45) is 0 Å². The van der Waals surface area contributed by atoms with Crippen LogP contribution in [0.5, 0.6) is 0 Å². The van der Waals surface area contributed by atoms with Gasteiger partial charge in [0.15, 0.2) is 5.76 Å². The van der Waals surface area contributed by atoms with E-state index in [-0.39, 0.29) is 5.76 Å². The SMILES string of the molecule is Cc1c(C(=O)NNC(=O)c2cc(Br)c[nH]2)oc2ccc(Br)cc12. The third-order valence-corrected chi connectivity index (χ3v) is 4.24. The first kappa shape index (κ1) is 15.8. The molecule has 0 atom stereocenters. The number of benzene rings is 1. The summed E-state index contributed by atoms with van der Waals surface area (Å²) in [5, 5.41) is 0.837. The van der Waals surface area contributed by atoms with Gasteiger partial charge in [-0.25, -0.2) is 0 Å². The zero-order valence-electron chi connectivity index (χ0n) is 11.9. The molecule has 3 N–H and O–H groups in total.